The highest BCUT2D eigenvalue weighted by Crippen LogP contribution is 2.21. The van der Waals surface area contributed by atoms with Gasteiger partial charge in [-0.05, 0) is 35.4 Å². The Morgan fingerprint density at radius 2 is 1.52 bits per heavy atom. The number of benzene rings is 3. The van der Waals surface area contributed by atoms with Crippen LogP contribution in [0.2, 0.25) is 0 Å². The van der Waals surface area contributed by atoms with Crippen molar-refractivity contribution >= 4 is 22.8 Å². The SMILES string of the molecule is O=C(c1cccc(-c2ccccc2)c1)N1CCN(c2nc3ccccc3c(=O)[nH]2)CC1. The number of nitrogens with one attached hydrogen (secondary N) is 1. The third-order valence-electron chi connectivity index (χ3n) is 5.68. The fourth-order valence-corrected chi connectivity index (χ4v) is 3.99. The Bertz CT molecular complexity index is 1290. The first-order valence-corrected chi connectivity index (χ1v) is 10.4. The Kier molecular flexibility index (Phi) is 4.96. The number of hydrogen-bond acceptors (Lipinski definition) is 4. The second-order valence-electron chi connectivity index (χ2n) is 7.63. The fraction of sp³-hybridized carbons (Fsp3) is 0.160. The summed E-state index contributed by atoms with van der Waals surface area (Å²) in [6, 6.07) is 25.1. The minimum Gasteiger partial charge on any atom is -0.339 e. The van der Waals surface area contributed by atoms with Crippen LogP contribution in [0.25, 0.3) is 22.0 Å². The molecule has 1 aromatic heterocycles. The normalized spacial score (nSPS) is 14.1. The highest BCUT2D eigenvalue weighted by atomic mass is 16.2. The van der Waals surface area contributed by atoms with Crippen molar-refractivity contribution in [2.45, 2.75) is 0 Å². The third kappa shape index (κ3) is 3.80. The van der Waals surface area contributed by atoms with Gasteiger partial charge in [0.15, 0.2) is 0 Å². The molecule has 0 spiro atoms. The average Bonchev–Trinajstić information content (AvgIpc) is 2.84. The number of aromatic nitrogens is 2. The molecular weight excluding hydrogens is 388 g/mol. The predicted molar refractivity (Wildman–Crippen MR) is 122 cm³/mol. The zero-order valence-electron chi connectivity index (χ0n) is 17.0. The molecule has 0 saturated carbocycles. The summed E-state index contributed by atoms with van der Waals surface area (Å²) < 4.78 is 0. The summed E-state index contributed by atoms with van der Waals surface area (Å²) in [4.78, 5) is 36.8. The first kappa shape index (κ1) is 19.1. The molecule has 1 N–H and O–H groups in total. The Hall–Kier alpha value is -3.93. The molecule has 0 atom stereocenters. The molecule has 1 saturated heterocycles. The van der Waals surface area contributed by atoms with Crippen molar-refractivity contribution in [3.05, 3.63) is 94.8 Å². The van der Waals surface area contributed by atoms with Gasteiger partial charge < -0.3 is 9.80 Å². The molecular formula is C25H22N4O2. The molecule has 1 amide bonds. The van der Waals surface area contributed by atoms with Gasteiger partial charge in [-0.2, -0.15) is 0 Å². The van der Waals surface area contributed by atoms with E-state index in [1.54, 1.807) is 6.07 Å². The van der Waals surface area contributed by atoms with Gasteiger partial charge in [0.2, 0.25) is 5.95 Å². The number of amides is 1. The number of H-pyrrole nitrogens is 1. The average molecular weight is 410 g/mol. The standard InChI is InChI=1S/C25H22N4O2/c30-23-21-11-4-5-12-22(21)26-25(27-23)29-15-13-28(14-16-29)24(31)20-10-6-9-19(17-20)18-7-2-1-3-8-18/h1-12,17H,13-16H2,(H,26,27,30). The fourth-order valence-electron chi connectivity index (χ4n) is 3.99. The van der Waals surface area contributed by atoms with Gasteiger partial charge in [0, 0.05) is 31.7 Å². The minimum atomic E-state index is -0.142. The zero-order chi connectivity index (χ0) is 21.2. The lowest BCUT2D eigenvalue weighted by Gasteiger charge is -2.35. The molecule has 1 aliphatic rings. The number of rotatable bonds is 3. The summed E-state index contributed by atoms with van der Waals surface area (Å²) >= 11 is 0. The molecule has 3 aromatic carbocycles. The quantitative estimate of drug-likeness (QED) is 0.561. The van der Waals surface area contributed by atoms with Crippen LogP contribution in [0.1, 0.15) is 10.4 Å². The summed E-state index contributed by atoms with van der Waals surface area (Å²) in [7, 11) is 0. The van der Waals surface area contributed by atoms with Gasteiger partial charge in [0.25, 0.3) is 11.5 Å². The summed E-state index contributed by atoms with van der Waals surface area (Å²) in [5.41, 5.74) is 3.35. The van der Waals surface area contributed by atoms with Crippen LogP contribution >= 0.6 is 0 Å². The van der Waals surface area contributed by atoms with E-state index in [1.807, 2.05) is 82.6 Å². The maximum absolute atomic E-state index is 13.1. The van der Waals surface area contributed by atoms with Crippen molar-refractivity contribution < 1.29 is 4.79 Å². The highest BCUT2D eigenvalue weighted by Gasteiger charge is 2.24. The van der Waals surface area contributed by atoms with Crippen LogP contribution in [0, 0.1) is 0 Å². The van der Waals surface area contributed by atoms with Crippen LogP contribution < -0.4 is 10.5 Å². The van der Waals surface area contributed by atoms with Crippen molar-refractivity contribution in [1.29, 1.82) is 0 Å². The van der Waals surface area contributed by atoms with Gasteiger partial charge >= 0.3 is 0 Å². The molecule has 0 radical (unpaired) electrons. The summed E-state index contributed by atoms with van der Waals surface area (Å²) in [5.74, 6) is 0.583. The van der Waals surface area contributed by atoms with E-state index in [1.165, 1.54) is 0 Å². The Balaban J connectivity index is 1.31. The van der Waals surface area contributed by atoms with E-state index in [2.05, 4.69) is 9.97 Å². The van der Waals surface area contributed by atoms with Crippen molar-refractivity contribution in [3.63, 3.8) is 0 Å². The molecule has 154 valence electrons. The van der Waals surface area contributed by atoms with Crippen LogP contribution in [-0.2, 0) is 0 Å². The number of anilines is 1. The maximum Gasteiger partial charge on any atom is 0.260 e. The molecule has 0 unspecified atom stereocenters. The van der Waals surface area contributed by atoms with Crippen molar-refractivity contribution in [3.8, 4) is 11.1 Å². The van der Waals surface area contributed by atoms with Gasteiger partial charge in [0.1, 0.15) is 0 Å². The molecule has 5 rings (SSSR count). The molecule has 6 nitrogen and oxygen atoms in total. The number of carbonyl (C=O) groups excluding carboxylic acids is 1. The second kappa shape index (κ2) is 8.07. The third-order valence-corrected chi connectivity index (χ3v) is 5.68. The lowest BCUT2D eigenvalue weighted by Crippen LogP contribution is -2.49. The van der Waals surface area contributed by atoms with Gasteiger partial charge in [0.05, 0.1) is 10.9 Å². The molecule has 6 heteroatoms. The van der Waals surface area contributed by atoms with E-state index in [0.717, 1.165) is 11.1 Å². The molecule has 0 aliphatic carbocycles. The largest absolute Gasteiger partial charge is 0.339 e. The van der Waals surface area contributed by atoms with Crippen LogP contribution in [-0.4, -0.2) is 47.0 Å². The van der Waals surface area contributed by atoms with Crippen molar-refractivity contribution in [2.24, 2.45) is 0 Å². The Morgan fingerprint density at radius 1 is 0.806 bits per heavy atom. The number of hydrogen-bond donors (Lipinski definition) is 1. The van der Waals surface area contributed by atoms with Crippen molar-refractivity contribution in [1.82, 2.24) is 14.9 Å². The van der Waals surface area contributed by atoms with Gasteiger partial charge in [-0.25, -0.2) is 4.98 Å². The summed E-state index contributed by atoms with van der Waals surface area (Å²) in [6.45, 7) is 2.38. The molecule has 31 heavy (non-hydrogen) atoms. The number of carbonyl (C=O) groups is 1. The van der Waals surface area contributed by atoms with E-state index < -0.39 is 0 Å². The van der Waals surface area contributed by atoms with Crippen LogP contribution in [0.15, 0.2) is 83.7 Å². The summed E-state index contributed by atoms with van der Waals surface area (Å²) in [6.07, 6.45) is 0. The second-order valence-corrected chi connectivity index (χ2v) is 7.63. The Labute approximate surface area is 179 Å². The van der Waals surface area contributed by atoms with Crippen LogP contribution in [0.4, 0.5) is 5.95 Å². The molecule has 4 aromatic rings. The Morgan fingerprint density at radius 3 is 2.32 bits per heavy atom. The van der Waals surface area contributed by atoms with E-state index in [0.29, 0.717) is 48.6 Å². The van der Waals surface area contributed by atoms with Gasteiger partial charge in [-0.15, -0.1) is 0 Å². The lowest BCUT2D eigenvalue weighted by atomic mass is 10.0. The lowest BCUT2D eigenvalue weighted by molar-refractivity contribution is 0.0746. The minimum absolute atomic E-state index is 0.0254. The predicted octanol–water partition coefficient (Wildman–Crippen LogP) is 3.55. The van der Waals surface area contributed by atoms with Crippen LogP contribution in [0.5, 0.6) is 0 Å². The summed E-state index contributed by atoms with van der Waals surface area (Å²) in [5, 5.41) is 0.582. The number of fused-ring (bicyclic) bond motifs is 1. The highest BCUT2D eigenvalue weighted by molar-refractivity contribution is 5.95. The molecule has 1 fully saturated rings. The first-order valence-electron chi connectivity index (χ1n) is 10.4. The number of nitrogens with zero attached hydrogens (tertiary/aromatic N) is 3. The zero-order valence-corrected chi connectivity index (χ0v) is 17.0. The van der Waals surface area contributed by atoms with Gasteiger partial charge in [-0.3, -0.25) is 14.6 Å². The van der Waals surface area contributed by atoms with E-state index in [4.69, 9.17) is 0 Å². The topological polar surface area (TPSA) is 69.3 Å². The molecule has 1 aliphatic heterocycles. The number of para-hydroxylation sites is 1. The maximum atomic E-state index is 13.1. The van der Waals surface area contributed by atoms with Crippen LogP contribution in [0.3, 0.4) is 0 Å². The first-order chi connectivity index (χ1) is 15.2. The number of aromatic amines is 1. The van der Waals surface area contributed by atoms with Gasteiger partial charge in [-0.1, -0.05) is 54.6 Å². The smallest absolute Gasteiger partial charge is 0.260 e. The van der Waals surface area contributed by atoms with Crippen molar-refractivity contribution in [2.75, 3.05) is 31.1 Å². The monoisotopic (exact) mass is 410 g/mol. The molecule has 2 heterocycles. The molecule has 0 bridgehead atoms. The van der Waals surface area contributed by atoms with E-state index in [9.17, 15) is 9.59 Å². The van der Waals surface area contributed by atoms with E-state index >= 15 is 0 Å². The number of piperazine rings is 1. The van der Waals surface area contributed by atoms with E-state index in [-0.39, 0.29) is 11.5 Å².